The van der Waals surface area contributed by atoms with Crippen molar-refractivity contribution in [2.24, 2.45) is 5.73 Å². The number of benzene rings is 1. The van der Waals surface area contributed by atoms with Crippen LogP contribution in [0.2, 0.25) is 0 Å². The molecular weight excluding hydrogens is 313 g/mol. The second-order valence-electron chi connectivity index (χ2n) is 4.46. The molecule has 0 radical (unpaired) electrons. The number of rotatable bonds is 6. The van der Waals surface area contributed by atoms with Gasteiger partial charge in [0.2, 0.25) is 10.0 Å². The molecule has 5 nitrogen and oxygen atoms in total. The van der Waals surface area contributed by atoms with Gasteiger partial charge in [-0.15, -0.1) is 11.3 Å². The lowest BCUT2D eigenvalue weighted by molar-refractivity contribution is 0.575. The van der Waals surface area contributed by atoms with Crippen LogP contribution < -0.4 is 10.5 Å². The number of hydrogen-bond acceptors (Lipinski definition) is 5. The van der Waals surface area contributed by atoms with Crippen molar-refractivity contribution in [3.63, 3.8) is 0 Å². The number of nitrogens with one attached hydrogen (secondary N) is 1. The maximum Gasteiger partial charge on any atom is 0.241 e. The van der Waals surface area contributed by atoms with E-state index in [1.165, 1.54) is 23.5 Å². The van der Waals surface area contributed by atoms with Gasteiger partial charge >= 0.3 is 0 Å². The lowest BCUT2D eigenvalue weighted by Gasteiger charge is -2.10. The molecule has 0 spiro atoms. The van der Waals surface area contributed by atoms with Crippen molar-refractivity contribution in [2.75, 3.05) is 6.54 Å². The van der Waals surface area contributed by atoms with Crippen LogP contribution in [0.5, 0.6) is 0 Å². The Morgan fingerprint density at radius 1 is 1.43 bits per heavy atom. The minimum Gasteiger partial charge on any atom is -0.326 e. The zero-order chi connectivity index (χ0) is 15.5. The monoisotopic (exact) mass is 329 g/mol. The summed E-state index contributed by atoms with van der Waals surface area (Å²) in [7, 11) is -3.78. The fourth-order valence-corrected chi connectivity index (χ4v) is 3.80. The van der Waals surface area contributed by atoms with Crippen molar-refractivity contribution in [3.8, 4) is 0 Å². The molecule has 0 aliphatic carbocycles. The molecule has 0 bridgehead atoms. The Morgan fingerprint density at radius 2 is 2.19 bits per heavy atom. The van der Waals surface area contributed by atoms with Crippen molar-refractivity contribution < 1.29 is 12.8 Å². The Morgan fingerprint density at radius 3 is 2.81 bits per heavy atom. The maximum absolute atomic E-state index is 13.3. The van der Waals surface area contributed by atoms with Crippen LogP contribution in [-0.4, -0.2) is 19.9 Å². The second kappa shape index (κ2) is 6.61. The van der Waals surface area contributed by atoms with Gasteiger partial charge in [0.15, 0.2) is 0 Å². The van der Waals surface area contributed by atoms with E-state index in [4.69, 9.17) is 5.73 Å². The van der Waals surface area contributed by atoms with E-state index in [0.29, 0.717) is 12.0 Å². The standard InChI is InChI=1S/C13H16FN3O2S2/c1-9-17-12(8-20-9)4-5-16-21(18,19)13-6-11(14)3-2-10(13)7-15/h2-3,6,8,16H,4-5,7,15H2,1H3. The van der Waals surface area contributed by atoms with Gasteiger partial charge in [-0.3, -0.25) is 0 Å². The van der Waals surface area contributed by atoms with Gasteiger partial charge in [-0.25, -0.2) is 22.5 Å². The number of hydrogen-bond donors (Lipinski definition) is 2. The predicted molar refractivity (Wildman–Crippen MR) is 80.0 cm³/mol. The van der Waals surface area contributed by atoms with Gasteiger partial charge in [-0.05, 0) is 24.6 Å². The van der Waals surface area contributed by atoms with Crippen molar-refractivity contribution in [1.82, 2.24) is 9.71 Å². The van der Waals surface area contributed by atoms with Crippen LogP contribution in [0, 0.1) is 12.7 Å². The first-order valence-electron chi connectivity index (χ1n) is 6.31. The summed E-state index contributed by atoms with van der Waals surface area (Å²) < 4.78 is 40.1. The first-order chi connectivity index (χ1) is 9.92. The minimum atomic E-state index is -3.78. The van der Waals surface area contributed by atoms with Crippen LogP contribution in [0.3, 0.4) is 0 Å². The number of sulfonamides is 1. The zero-order valence-electron chi connectivity index (χ0n) is 11.5. The molecule has 114 valence electrons. The molecule has 1 heterocycles. The van der Waals surface area contributed by atoms with Crippen LogP contribution in [0.4, 0.5) is 4.39 Å². The van der Waals surface area contributed by atoms with E-state index in [1.54, 1.807) is 0 Å². The van der Waals surface area contributed by atoms with E-state index < -0.39 is 15.8 Å². The normalized spacial score (nSPS) is 11.8. The van der Waals surface area contributed by atoms with Crippen LogP contribution in [-0.2, 0) is 23.0 Å². The Hall–Kier alpha value is -1.35. The first-order valence-corrected chi connectivity index (χ1v) is 8.68. The smallest absolute Gasteiger partial charge is 0.241 e. The zero-order valence-corrected chi connectivity index (χ0v) is 13.1. The summed E-state index contributed by atoms with van der Waals surface area (Å²) in [5.41, 5.74) is 6.71. The number of nitrogens with zero attached hydrogens (tertiary/aromatic N) is 1. The number of nitrogens with two attached hydrogens (primary N) is 1. The molecule has 2 aromatic rings. The molecule has 0 amide bonds. The highest BCUT2D eigenvalue weighted by Gasteiger charge is 2.18. The van der Waals surface area contributed by atoms with Gasteiger partial charge in [0.25, 0.3) is 0 Å². The molecule has 0 saturated heterocycles. The van der Waals surface area contributed by atoms with Gasteiger partial charge in [-0.2, -0.15) is 0 Å². The highest BCUT2D eigenvalue weighted by molar-refractivity contribution is 7.89. The second-order valence-corrected chi connectivity index (χ2v) is 7.26. The predicted octanol–water partition coefficient (Wildman–Crippen LogP) is 1.57. The van der Waals surface area contributed by atoms with Gasteiger partial charge in [0, 0.05) is 24.9 Å². The molecule has 1 aromatic heterocycles. The van der Waals surface area contributed by atoms with Crippen molar-refractivity contribution in [2.45, 2.75) is 24.8 Å². The van der Waals surface area contributed by atoms with Crippen LogP contribution in [0.1, 0.15) is 16.3 Å². The minimum absolute atomic E-state index is 0.0296. The molecule has 8 heteroatoms. The Balaban J connectivity index is 2.09. The highest BCUT2D eigenvalue weighted by Crippen LogP contribution is 2.17. The lowest BCUT2D eigenvalue weighted by atomic mass is 10.2. The summed E-state index contributed by atoms with van der Waals surface area (Å²) in [5, 5.41) is 2.82. The molecule has 0 saturated carbocycles. The van der Waals surface area contributed by atoms with Crippen molar-refractivity contribution in [1.29, 1.82) is 0 Å². The molecule has 3 N–H and O–H groups in total. The van der Waals surface area contributed by atoms with Gasteiger partial charge < -0.3 is 5.73 Å². The summed E-state index contributed by atoms with van der Waals surface area (Å²) in [4.78, 5) is 4.14. The van der Waals surface area contributed by atoms with E-state index >= 15 is 0 Å². The quantitative estimate of drug-likeness (QED) is 0.842. The SMILES string of the molecule is Cc1nc(CCNS(=O)(=O)c2cc(F)ccc2CN)cs1. The molecular formula is C13H16FN3O2S2. The number of aromatic nitrogens is 1. The van der Waals surface area contributed by atoms with Crippen molar-refractivity contribution >= 4 is 21.4 Å². The third-order valence-electron chi connectivity index (χ3n) is 2.88. The molecule has 0 atom stereocenters. The van der Waals surface area contributed by atoms with E-state index in [-0.39, 0.29) is 18.0 Å². The summed E-state index contributed by atoms with van der Waals surface area (Å²) in [5.74, 6) is -0.609. The van der Waals surface area contributed by atoms with Crippen LogP contribution in [0.25, 0.3) is 0 Å². The summed E-state index contributed by atoms with van der Waals surface area (Å²) >= 11 is 1.51. The Bertz CT molecular complexity index is 729. The number of halogens is 1. The molecule has 21 heavy (non-hydrogen) atoms. The fourth-order valence-electron chi connectivity index (χ4n) is 1.86. The molecule has 0 aliphatic heterocycles. The third-order valence-corrected chi connectivity index (χ3v) is 5.24. The lowest BCUT2D eigenvalue weighted by Crippen LogP contribution is -2.27. The first kappa shape index (κ1) is 16.0. The Labute approximate surface area is 127 Å². The number of aryl methyl sites for hydroxylation is 1. The summed E-state index contributed by atoms with van der Waals surface area (Å²) in [6, 6.07) is 3.56. The van der Waals surface area contributed by atoms with Gasteiger partial charge in [-0.1, -0.05) is 6.07 Å². The molecule has 0 fully saturated rings. The van der Waals surface area contributed by atoms with Gasteiger partial charge in [0.1, 0.15) is 5.82 Å². The van der Waals surface area contributed by atoms with Crippen LogP contribution in [0.15, 0.2) is 28.5 Å². The average Bonchev–Trinajstić information content (AvgIpc) is 2.84. The third kappa shape index (κ3) is 4.07. The number of thiazole rings is 1. The molecule has 2 rings (SSSR count). The van der Waals surface area contributed by atoms with Crippen LogP contribution >= 0.6 is 11.3 Å². The van der Waals surface area contributed by atoms with E-state index in [0.717, 1.165) is 16.8 Å². The van der Waals surface area contributed by atoms with Crippen molar-refractivity contribution in [3.05, 3.63) is 45.7 Å². The highest BCUT2D eigenvalue weighted by atomic mass is 32.2. The molecule has 0 aliphatic rings. The maximum atomic E-state index is 13.3. The molecule has 0 unspecified atom stereocenters. The topological polar surface area (TPSA) is 85.1 Å². The molecule has 1 aromatic carbocycles. The summed E-state index contributed by atoms with van der Waals surface area (Å²) in [6.45, 7) is 2.12. The summed E-state index contributed by atoms with van der Waals surface area (Å²) in [6.07, 6.45) is 0.483. The van der Waals surface area contributed by atoms with E-state index in [1.807, 2.05) is 12.3 Å². The average molecular weight is 329 g/mol. The largest absolute Gasteiger partial charge is 0.326 e. The fraction of sp³-hybridized carbons (Fsp3) is 0.308. The Kier molecular flexibility index (Phi) is 5.04. The van der Waals surface area contributed by atoms with Gasteiger partial charge in [0.05, 0.1) is 15.6 Å². The van der Waals surface area contributed by atoms with E-state index in [9.17, 15) is 12.8 Å². The van der Waals surface area contributed by atoms with E-state index in [2.05, 4.69) is 9.71 Å².